The lowest BCUT2D eigenvalue weighted by molar-refractivity contribution is 0.00732. The minimum atomic E-state index is -0.539. The number of methoxy groups -OCH3 is 1. The number of nitrogens with zero attached hydrogens (tertiary/aromatic N) is 4. The van der Waals surface area contributed by atoms with Gasteiger partial charge in [-0.3, -0.25) is 9.59 Å². The lowest BCUT2D eigenvalue weighted by Crippen LogP contribution is -2.51. The van der Waals surface area contributed by atoms with Gasteiger partial charge in [0, 0.05) is 26.4 Å². The number of hydrogen-bond acceptors (Lipinski definition) is 8. The molecule has 2 saturated carbocycles. The molecule has 3 aromatic rings. The van der Waals surface area contributed by atoms with E-state index in [2.05, 4.69) is 26.0 Å². The summed E-state index contributed by atoms with van der Waals surface area (Å²) in [7, 11) is 3.39. The smallest absolute Gasteiger partial charge is 0.274 e. The van der Waals surface area contributed by atoms with Gasteiger partial charge in [0.1, 0.15) is 22.9 Å². The van der Waals surface area contributed by atoms with Crippen LogP contribution in [0.2, 0.25) is 0 Å². The molecular weight excluding hydrogens is 450 g/mol. The highest BCUT2D eigenvalue weighted by Crippen LogP contribution is 2.28. The molecule has 0 saturated heterocycles. The van der Waals surface area contributed by atoms with Crippen LogP contribution >= 0.6 is 0 Å². The number of aliphatic hydroxyl groups is 1. The summed E-state index contributed by atoms with van der Waals surface area (Å²) >= 11 is 0. The first-order valence-corrected chi connectivity index (χ1v) is 12.1. The Labute approximate surface area is 202 Å². The fourth-order valence-electron chi connectivity index (χ4n) is 4.95. The Morgan fingerprint density at radius 2 is 2.06 bits per heavy atom. The van der Waals surface area contributed by atoms with Crippen LogP contribution in [0, 0.1) is 0 Å². The molecule has 11 heteroatoms. The highest BCUT2D eigenvalue weighted by molar-refractivity contribution is 6.00. The van der Waals surface area contributed by atoms with Gasteiger partial charge in [-0.2, -0.15) is 9.61 Å². The number of rotatable bonds is 7. The molecule has 3 aromatic heterocycles. The van der Waals surface area contributed by atoms with Crippen molar-refractivity contribution >= 4 is 28.9 Å². The summed E-state index contributed by atoms with van der Waals surface area (Å²) in [5.74, 6) is 0.731. The maximum Gasteiger partial charge on any atom is 0.274 e. The molecule has 11 nitrogen and oxygen atoms in total. The minimum absolute atomic E-state index is 0.0155. The van der Waals surface area contributed by atoms with Gasteiger partial charge in [0.15, 0.2) is 5.65 Å². The normalized spacial score (nSPS) is 24.1. The number of ether oxygens (including phenoxy) is 1. The molecule has 3 heterocycles. The molecular formula is C24H31N7O4. The van der Waals surface area contributed by atoms with Gasteiger partial charge in [-0.15, -0.1) is 0 Å². The van der Waals surface area contributed by atoms with Crippen LogP contribution in [0.3, 0.4) is 0 Å². The van der Waals surface area contributed by atoms with Crippen LogP contribution in [0.5, 0.6) is 0 Å². The van der Waals surface area contributed by atoms with Crippen LogP contribution in [0.25, 0.3) is 5.65 Å². The maximum absolute atomic E-state index is 13.2. The molecule has 4 N–H and O–H groups in total. The predicted molar refractivity (Wildman–Crippen MR) is 131 cm³/mol. The number of carbonyl (C=O) groups is 1. The van der Waals surface area contributed by atoms with Gasteiger partial charge in [-0.1, -0.05) is 12.8 Å². The molecule has 0 radical (unpaired) electrons. The topological polar surface area (TPSA) is 135 Å². The third-order valence-electron chi connectivity index (χ3n) is 7.09. The third-order valence-corrected chi connectivity index (χ3v) is 7.09. The van der Waals surface area contributed by atoms with Gasteiger partial charge in [0.05, 0.1) is 30.5 Å². The van der Waals surface area contributed by atoms with Crippen molar-refractivity contribution in [2.75, 3.05) is 24.8 Å². The summed E-state index contributed by atoms with van der Waals surface area (Å²) in [6.07, 6.45) is 7.86. The summed E-state index contributed by atoms with van der Waals surface area (Å²) < 4.78 is 8.53. The van der Waals surface area contributed by atoms with Crippen molar-refractivity contribution < 1.29 is 14.6 Å². The Morgan fingerprint density at radius 3 is 2.77 bits per heavy atom. The van der Waals surface area contributed by atoms with Crippen molar-refractivity contribution in [2.45, 2.75) is 62.8 Å². The van der Waals surface area contributed by atoms with Crippen molar-refractivity contribution in [3.05, 3.63) is 46.5 Å². The SMILES string of the molecule is CNc1cc(Nc2cccn([C@H]3CCCC[C@H]3O)c2=O)nc2c(C(=O)N[C@@H]3CC[C@H]3OC)cnn12. The van der Waals surface area contributed by atoms with E-state index in [1.165, 1.54) is 6.20 Å². The molecule has 0 aliphatic heterocycles. The van der Waals surface area contributed by atoms with E-state index >= 15 is 0 Å². The van der Waals surface area contributed by atoms with Crippen LogP contribution in [-0.2, 0) is 4.74 Å². The summed E-state index contributed by atoms with van der Waals surface area (Å²) in [4.78, 5) is 30.8. The molecule has 2 aliphatic carbocycles. The second kappa shape index (κ2) is 9.67. The van der Waals surface area contributed by atoms with E-state index in [1.807, 2.05) is 0 Å². The largest absolute Gasteiger partial charge is 0.391 e. The van der Waals surface area contributed by atoms with Gasteiger partial charge in [-0.05, 0) is 37.8 Å². The Kier molecular flexibility index (Phi) is 6.44. The minimum Gasteiger partial charge on any atom is -0.391 e. The molecule has 0 unspecified atom stereocenters. The number of fused-ring (bicyclic) bond motifs is 1. The first-order chi connectivity index (χ1) is 17.0. The standard InChI is InChI=1S/C24H31N7O4/c1-25-21-12-20(27-16-6-5-11-30(24(16)34)17-7-3-4-8-18(17)32)29-22-14(13-26-31(21)22)23(33)28-15-9-10-19(15)35-2/h5-6,11-13,15,17-19,25,32H,3-4,7-10H2,1-2H3,(H,27,29)(H,28,33)/t15-,17+,18-,19-/m1/s1. The second-order valence-electron chi connectivity index (χ2n) is 9.18. The van der Waals surface area contributed by atoms with E-state index in [4.69, 9.17) is 4.74 Å². The van der Waals surface area contributed by atoms with E-state index in [0.717, 1.165) is 32.1 Å². The zero-order valence-corrected chi connectivity index (χ0v) is 19.9. The van der Waals surface area contributed by atoms with Crippen LogP contribution in [0.1, 0.15) is 54.9 Å². The average molecular weight is 482 g/mol. The van der Waals surface area contributed by atoms with E-state index < -0.39 is 6.10 Å². The van der Waals surface area contributed by atoms with E-state index in [9.17, 15) is 14.7 Å². The highest BCUT2D eigenvalue weighted by Gasteiger charge is 2.33. The molecule has 35 heavy (non-hydrogen) atoms. The molecule has 0 spiro atoms. The quantitative estimate of drug-likeness (QED) is 0.403. The van der Waals surface area contributed by atoms with Crippen molar-refractivity contribution in [1.29, 1.82) is 0 Å². The van der Waals surface area contributed by atoms with Crippen LogP contribution in [-0.4, -0.2) is 62.6 Å². The lowest BCUT2D eigenvalue weighted by Gasteiger charge is -2.35. The fourth-order valence-corrected chi connectivity index (χ4v) is 4.95. The number of aliphatic hydroxyl groups excluding tert-OH is 1. The first kappa shape index (κ1) is 23.3. The average Bonchev–Trinajstić information content (AvgIpc) is 3.27. The number of pyridine rings is 1. The monoisotopic (exact) mass is 481 g/mol. The van der Waals surface area contributed by atoms with Crippen LogP contribution in [0.15, 0.2) is 35.4 Å². The maximum atomic E-state index is 13.2. The number of hydrogen-bond donors (Lipinski definition) is 4. The molecule has 186 valence electrons. The summed E-state index contributed by atoms with van der Waals surface area (Å²) in [5.41, 5.74) is 0.812. The third kappa shape index (κ3) is 4.37. The van der Waals surface area contributed by atoms with Crippen molar-refractivity contribution in [1.82, 2.24) is 24.5 Å². The fraction of sp³-hybridized carbons (Fsp3) is 0.500. The zero-order valence-electron chi connectivity index (χ0n) is 19.9. The van der Waals surface area contributed by atoms with Gasteiger partial charge in [0.25, 0.3) is 11.5 Å². The number of amides is 1. The molecule has 2 fully saturated rings. The number of nitrogens with one attached hydrogen (secondary N) is 3. The van der Waals surface area contributed by atoms with Crippen molar-refractivity contribution in [2.24, 2.45) is 0 Å². The van der Waals surface area contributed by atoms with Crippen LogP contribution < -0.4 is 21.5 Å². The summed E-state index contributed by atoms with van der Waals surface area (Å²) in [6.45, 7) is 0. The van der Waals surface area contributed by atoms with E-state index in [-0.39, 0.29) is 29.7 Å². The summed E-state index contributed by atoms with van der Waals surface area (Å²) in [5, 5.41) is 23.9. The Morgan fingerprint density at radius 1 is 1.23 bits per heavy atom. The van der Waals surface area contributed by atoms with E-state index in [1.54, 1.807) is 47.6 Å². The predicted octanol–water partition coefficient (Wildman–Crippen LogP) is 2.06. The molecule has 0 aromatic carbocycles. The van der Waals surface area contributed by atoms with Crippen molar-refractivity contribution in [3.8, 4) is 0 Å². The lowest BCUT2D eigenvalue weighted by atomic mass is 9.89. The molecule has 0 bridgehead atoms. The zero-order chi connectivity index (χ0) is 24.5. The number of anilines is 3. The Balaban J connectivity index is 1.45. The first-order valence-electron chi connectivity index (χ1n) is 12.1. The van der Waals surface area contributed by atoms with Gasteiger partial charge in [0.2, 0.25) is 0 Å². The molecule has 4 atom stereocenters. The summed E-state index contributed by atoms with van der Waals surface area (Å²) in [6, 6.07) is 4.91. The van der Waals surface area contributed by atoms with Gasteiger partial charge >= 0.3 is 0 Å². The van der Waals surface area contributed by atoms with Gasteiger partial charge in [-0.25, -0.2) is 4.98 Å². The highest BCUT2D eigenvalue weighted by atomic mass is 16.5. The molecule has 5 rings (SSSR count). The number of carbonyl (C=O) groups excluding carboxylic acids is 1. The van der Waals surface area contributed by atoms with Crippen LogP contribution in [0.4, 0.5) is 17.3 Å². The number of aromatic nitrogens is 4. The van der Waals surface area contributed by atoms with Gasteiger partial charge < -0.3 is 30.4 Å². The van der Waals surface area contributed by atoms with E-state index in [0.29, 0.717) is 35.0 Å². The Bertz CT molecular complexity index is 1280. The molecule has 1 amide bonds. The molecule has 2 aliphatic rings. The second-order valence-corrected chi connectivity index (χ2v) is 9.18. The van der Waals surface area contributed by atoms with Crippen molar-refractivity contribution in [3.63, 3.8) is 0 Å². The Hall–Kier alpha value is -3.44.